The summed E-state index contributed by atoms with van der Waals surface area (Å²) in [5, 5.41) is 11.4. The van der Waals surface area contributed by atoms with Crippen LogP contribution in [0.2, 0.25) is 0 Å². The van der Waals surface area contributed by atoms with Gasteiger partial charge in [0.05, 0.1) is 0 Å². The van der Waals surface area contributed by atoms with Crippen molar-refractivity contribution in [2.45, 2.75) is 0 Å². The van der Waals surface area contributed by atoms with Gasteiger partial charge in [0.25, 0.3) is 11.8 Å². The van der Waals surface area contributed by atoms with E-state index >= 15 is 0 Å². The summed E-state index contributed by atoms with van der Waals surface area (Å²) >= 11 is 7.95. The molecule has 0 saturated heterocycles. The number of aromatic hydroxyl groups is 1. The third kappa shape index (κ3) is 4.30. The molecule has 0 aliphatic heterocycles. The van der Waals surface area contributed by atoms with Crippen molar-refractivity contribution in [3.05, 3.63) is 52.4 Å². The topological polar surface area (TPSA) is 104 Å². The monoisotopic (exact) mass is 383 g/mol. The lowest BCUT2D eigenvalue weighted by Crippen LogP contribution is -2.48. The van der Waals surface area contributed by atoms with E-state index in [1.54, 1.807) is 6.07 Å². The van der Waals surface area contributed by atoms with Crippen molar-refractivity contribution < 1.29 is 19.1 Å². The van der Waals surface area contributed by atoms with Gasteiger partial charge in [0, 0.05) is 5.56 Å². The quantitative estimate of drug-likeness (QED) is 0.464. The average molecular weight is 384 g/mol. The van der Waals surface area contributed by atoms with Crippen molar-refractivity contribution in [2.75, 3.05) is 0 Å². The molecule has 1 aromatic carbocycles. The van der Waals surface area contributed by atoms with E-state index < -0.39 is 11.8 Å². The molecule has 0 aliphatic rings. The molecule has 2 rings (SSSR count). The number of amides is 2. The Morgan fingerprint density at radius 3 is 2.32 bits per heavy atom. The molecular formula is C13H10BrN3O4S. The van der Waals surface area contributed by atoms with Crippen molar-refractivity contribution >= 4 is 45.1 Å². The molecule has 1 heterocycles. The molecule has 114 valence electrons. The van der Waals surface area contributed by atoms with E-state index in [9.17, 15) is 9.59 Å². The van der Waals surface area contributed by atoms with Gasteiger partial charge in [-0.05, 0) is 64.5 Å². The van der Waals surface area contributed by atoms with Gasteiger partial charge in [-0.15, -0.1) is 0 Å². The Morgan fingerprint density at radius 2 is 1.73 bits per heavy atom. The Balaban J connectivity index is 1.83. The zero-order valence-electron chi connectivity index (χ0n) is 10.9. The Labute approximate surface area is 138 Å². The van der Waals surface area contributed by atoms with E-state index in [0.717, 1.165) is 0 Å². The maximum atomic E-state index is 11.8. The number of hydrogen-bond acceptors (Lipinski definition) is 5. The van der Waals surface area contributed by atoms with Gasteiger partial charge in [-0.3, -0.25) is 25.8 Å². The number of hydrazine groups is 1. The summed E-state index contributed by atoms with van der Waals surface area (Å²) in [6.45, 7) is 0. The first kappa shape index (κ1) is 16.0. The number of benzene rings is 1. The molecule has 0 atom stereocenters. The molecule has 0 spiro atoms. The van der Waals surface area contributed by atoms with Gasteiger partial charge in [0.15, 0.2) is 15.5 Å². The Kier molecular flexibility index (Phi) is 5.12. The summed E-state index contributed by atoms with van der Waals surface area (Å²) in [7, 11) is 0. The highest BCUT2D eigenvalue weighted by Gasteiger charge is 2.12. The molecular weight excluding hydrogens is 374 g/mol. The minimum absolute atomic E-state index is 0.0527. The fourth-order valence-electron chi connectivity index (χ4n) is 1.43. The molecule has 0 unspecified atom stereocenters. The maximum Gasteiger partial charge on any atom is 0.293 e. The maximum absolute atomic E-state index is 11.8. The minimum Gasteiger partial charge on any atom is -0.508 e. The molecule has 7 nitrogen and oxygen atoms in total. The van der Waals surface area contributed by atoms with E-state index in [1.807, 2.05) is 0 Å². The highest BCUT2D eigenvalue weighted by Crippen LogP contribution is 2.13. The van der Waals surface area contributed by atoms with Crippen LogP contribution in [0.5, 0.6) is 5.75 Å². The first-order valence-corrected chi connectivity index (χ1v) is 7.12. The Hall–Kier alpha value is -2.39. The number of furan rings is 1. The first-order valence-electron chi connectivity index (χ1n) is 5.92. The second kappa shape index (κ2) is 7.05. The fraction of sp³-hybridized carbons (Fsp3) is 0. The number of carbonyl (C=O) groups is 2. The minimum atomic E-state index is -0.554. The molecule has 22 heavy (non-hydrogen) atoms. The summed E-state index contributed by atoms with van der Waals surface area (Å²) in [4.78, 5) is 23.5. The molecule has 0 aliphatic carbocycles. The largest absolute Gasteiger partial charge is 0.508 e. The molecule has 1 aromatic heterocycles. The van der Waals surface area contributed by atoms with E-state index in [-0.39, 0.29) is 16.6 Å². The second-order valence-corrected chi connectivity index (χ2v) is 5.20. The number of nitrogens with one attached hydrogen (secondary N) is 3. The zero-order valence-corrected chi connectivity index (χ0v) is 13.3. The van der Waals surface area contributed by atoms with Crippen LogP contribution in [-0.4, -0.2) is 22.0 Å². The molecule has 0 bridgehead atoms. The van der Waals surface area contributed by atoms with Gasteiger partial charge in [0.1, 0.15) is 5.75 Å². The second-order valence-electron chi connectivity index (χ2n) is 4.01. The van der Waals surface area contributed by atoms with Gasteiger partial charge in [-0.25, -0.2) is 0 Å². The predicted octanol–water partition coefficient (Wildman–Crippen LogP) is 1.70. The van der Waals surface area contributed by atoms with Crippen molar-refractivity contribution in [1.82, 2.24) is 16.2 Å². The van der Waals surface area contributed by atoms with Crippen molar-refractivity contribution in [2.24, 2.45) is 0 Å². The standard InChI is InChI=1S/C13H10BrN3O4S/c14-10-6-5-9(21-10)12(20)15-13(22)17-16-11(19)7-1-3-8(18)4-2-7/h1-6,18H,(H,16,19)(H2,15,17,20,22). The van der Waals surface area contributed by atoms with Gasteiger partial charge in [-0.2, -0.15) is 0 Å². The third-order valence-corrected chi connectivity index (χ3v) is 3.07. The van der Waals surface area contributed by atoms with Crippen LogP contribution in [0, 0.1) is 0 Å². The van der Waals surface area contributed by atoms with Gasteiger partial charge >= 0.3 is 0 Å². The van der Waals surface area contributed by atoms with Crippen molar-refractivity contribution in [1.29, 1.82) is 0 Å². The number of halogens is 1. The number of rotatable bonds is 2. The highest BCUT2D eigenvalue weighted by atomic mass is 79.9. The predicted molar refractivity (Wildman–Crippen MR) is 85.2 cm³/mol. The van der Waals surface area contributed by atoms with Gasteiger partial charge in [-0.1, -0.05) is 0 Å². The van der Waals surface area contributed by atoms with Crippen LogP contribution in [0.25, 0.3) is 0 Å². The summed E-state index contributed by atoms with van der Waals surface area (Å²) in [5.74, 6) is -0.905. The Morgan fingerprint density at radius 1 is 1.05 bits per heavy atom. The molecule has 9 heteroatoms. The lowest BCUT2D eigenvalue weighted by atomic mass is 10.2. The van der Waals surface area contributed by atoms with Gasteiger partial charge in [0.2, 0.25) is 0 Å². The molecule has 2 aromatic rings. The number of thiocarbonyl (C=S) groups is 1. The summed E-state index contributed by atoms with van der Waals surface area (Å²) in [5.41, 5.74) is 5.02. The number of hydrogen-bond donors (Lipinski definition) is 4. The summed E-state index contributed by atoms with van der Waals surface area (Å²) in [6, 6.07) is 8.67. The molecule has 0 fully saturated rings. The third-order valence-electron chi connectivity index (χ3n) is 2.44. The normalized spacial score (nSPS) is 9.86. The van der Waals surface area contributed by atoms with E-state index in [2.05, 4.69) is 32.1 Å². The molecule has 0 radical (unpaired) electrons. The smallest absolute Gasteiger partial charge is 0.293 e. The van der Waals surface area contributed by atoms with Crippen LogP contribution in [0.15, 0.2) is 45.5 Å². The van der Waals surface area contributed by atoms with Crippen LogP contribution < -0.4 is 16.2 Å². The zero-order chi connectivity index (χ0) is 16.1. The van der Waals surface area contributed by atoms with Crippen LogP contribution in [-0.2, 0) is 0 Å². The van der Waals surface area contributed by atoms with Crippen LogP contribution >= 0.6 is 28.1 Å². The fourth-order valence-corrected chi connectivity index (χ4v) is 1.88. The highest BCUT2D eigenvalue weighted by molar-refractivity contribution is 9.10. The van der Waals surface area contributed by atoms with E-state index in [0.29, 0.717) is 10.2 Å². The average Bonchev–Trinajstić information content (AvgIpc) is 2.92. The lowest BCUT2D eigenvalue weighted by Gasteiger charge is -2.10. The van der Waals surface area contributed by atoms with Gasteiger partial charge < -0.3 is 9.52 Å². The summed E-state index contributed by atoms with van der Waals surface area (Å²) < 4.78 is 5.47. The number of phenolic OH excluding ortho intramolecular Hbond substituents is 1. The number of carbonyl (C=O) groups excluding carboxylic acids is 2. The van der Waals surface area contributed by atoms with Crippen LogP contribution in [0.1, 0.15) is 20.9 Å². The van der Waals surface area contributed by atoms with Crippen LogP contribution in [0.4, 0.5) is 0 Å². The Bertz CT molecular complexity index is 714. The lowest BCUT2D eigenvalue weighted by molar-refractivity contribution is 0.0926. The number of phenols is 1. The first-order chi connectivity index (χ1) is 10.5. The molecule has 4 N–H and O–H groups in total. The summed E-state index contributed by atoms with van der Waals surface area (Å²) in [6.07, 6.45) is 0. The van der Waals surface area contributed by atoms with Crippen molar-refractivity contribution in [3.8, 4) is 5.75 Å². The molecule has 2 amide bonds. The van der Waals surface area contributed by atoms with Crippen LogP contribution in [0.3, 0.4) is 0 Å². The van der Waals surface area contributed by atoms with E-state index in [1.165, 1.54) is 30.3 Å². The van der Waals surface area contributed by atoms with E-state index in [4.69, 9.17) is 21.7 Å². The SMILES string of the molecule is O=C(NNC(=S)NC(=O)c1ccc(Br)o1)c1ccc(O)cc1. The van der Waals surface area contributed by atoms with Crippen molar-refractivity contribution in [3.63, 3.8) is 0 Å². The molecule has 0 saturated carbocycles.